The molecule has 1 saturated heterocycles. The van der Waals surface area contributed by atoms with Crippen molar-refractivity contribution in [3.8, 4) is 0 Å². The number of sulfonamides is 1. The van der Waals surface area contributed by atoms with Crippen LogP contribution in [-0.4, -0.2) is 54.5 Å². The molecule has 1 aromatic rings. The summed E-state index contributed by atoms with van der Waals surface area (Å²) in [5.74, 6) is -0.339. The number of rotatable bonds is 6. The predicted molar refractivity (Wildman–Crippen MR) is 77.4 cm³/mol. The maximum atomic E-state index is 12.4. The van der Waals surface area contributed by atoms with E-state index in [0.29, 0.717) is 31.7 Å². The third kappa shape index (κ3) is 3.45. The van der Waals surface area contributed by atoms with Gasteiger partial charge in [-0.15, -0.1) is 0 Å². The fourth-order valence-electron chi connectivity index (χ4n) is 2.35. The number of aliphatic hydroxyl groups excluding tert-OH is 1. The highest BCUT2D eigenvalue weighted by Gasteiger charge is 2.29. The Morgan fingerprint density at radius 3 is 2.67 bits per heavy atom. The number of carbonyl (C=O) groups excluding carboxylic acids is 1. The van der Waals surface area contributed by atoms with Gasteiger partial charge in [0.05, 0.1) is 0 Å². The lowest BCUT2D eigenvalue weighted by molar-refractivity contribution is 0.0943. The summed E-state index contributed by atoms with van der Waals surface area (Å²) >= 11 is 0. The van der Waals surface area contributed by atoms with Crippen LogP contribution in [0.3, 0.4) is 0 Å². The molecule has 0 unspecified atom stereocenters. The third-order valence-electron chi connectivity index (χ3n) is 3.54. The van der Waals surface area contributed by atoms with Gasteiger partial charge in [-0.3, -0.25) is 4.79 Å². The second kappa shape index (κ2) is 6.59. The van der Waals surface area contributed by atoms with Gasteiger partial charge in [-0.05, 0) is 25.3 Å². The first kappa shape index (κ1) is 16.0. The monoisotopic (exact) mass is 315 g/mol. The molecular weight excluding hydrogens is 294 g/mol. The molecular formula is C13H21N3O4S. The number of hydrogen-bond donors (Lipinski definition) is 2. The average Bonchev–Trinajstić information content (AvgIpc) is 3.08. The minimum absolute atomic E-state index is 0.00199. The molecule has 8 heteroatoms. The van der Waals surface area contributed by atoms with Gasteiger partial charge in [0.2, 0.25) is 10.0 Å². The standard InChI is InChI=1S/C13H21N3O4S/c1-15-10-11(21(19,20)16-6-2-3-7-16)9-12(15)13(18)14-5-4-8-17/h9-10,17H,2-8H2,1H3,(H,14,18). The van der Waals surface area contributed by atoms with Crippen LogP contribution in [0.5, 0.6) is 0 Å². The van der Waals surface area contributed by atoms with Crippen molar-refractivity contribution in [2.75, 3.05) is 26.2 Å². The van der Waals surface area contributed by atoms with Crippen molar-refractivity contribution in [1.82, 2.24) is 14.2 Å². The lowest BCUT2D eigenvalue weighted by Gasteiger charge is -2.13. The molecule has 0 aromatic carbocycles. The minimum Gasteiger partial charge on any atom is -0.396 e. The molecule has 0 saturated carbocycles. The Kier molecular flexibility index (Phi) is 5.02. The average molecular weight is 315 g/mol. The number of aromatic nitrogens is 1. The molecule has 0 radical (unpaired) electrons. The number of carbonyl (C=O) groups is 1. The normalized spacial score (nSPS) is 16.3. The van der Waals surface area contributed by atoms with E-state index in [-0.39, 0.29) is 17.4 Å². The van der Waals surface area contributed by atoms with Crippen molar-refractivity contribution in [3.63, 3.8) is 0 Å². The van der Waals surface area contributed by atoms with Crippen LogP contribution in [0.4, 0.5) is 0 Å². The highest BCUT2D eigenvalue weighted by molar-refractivity contribution is 7.89. The van der Waals surface area contributed by atoms with Crippen LogP contribution in [0.1, 0.15) is 29.8 Å². The smallest absolute Gasteiger partial charge is 0.267 e. The van der Waals surface area contributed by atoms with Gasteiger partial charge >= 0.3 is 0 Å². The third-order valence-corrected chi connectivity index (χ3v) is 5.40. The second-order valence-electron chi connectivity index (χ2n) is 5.12. The van der Waals surface area contributed by atoms with Crippen molar-refractivity contribution in [2.45, 2.75) is 24.2 Å². The Hall–Kier alpha value is -1.38. The first-order chi connectivity index (χ1) is 9.96. The van der Waals surface area contributed by atoms with Gasteiger partial charge in [-0.25, -0.2) is 8.42 Å². The summed E-state index contributed by atoms with van der Waals surface area (Å²) in [6.45, 7) is 1.43. The lowest BCUT2D eigenvalue weighted by Crippen LogP contribution is -2.27. The first-order valence-corrected chi connectivity index (χ1v) is 8.46. The Balaban J connectivity index is 2.16. The van der Waals surface area contributed by atoms with Crippen LogP contribution in [0.2, 0.25) is 0 Å². The SMILES string of the molecule is Cn1cc(S(=O)(=O)N2CCCC2)cc1C(=O)NCCCO. The van der Waals surface area contributed by atoms with Crippen LogP contribution in [0.25, 0.3) is 0 Å². The molecule has 2 rings (SSSR count). The number of hydrogen-bond acceptors (Lipinski definition) is 4. The molecule has 1 aliphatic heterocycles. The molecule has 1 amide bonds. The summed E-state index contributed by atoms with van der Waals surface area (Å²) in [6, 6.07) is 1.40. The number of nitrogens with one attached hydrogen (secondary N) is 1. The molecule has 0 bridgehead atoms. The van der Waals surface area contributed by atoms with Crippen molar-refractivity contribution in [3.05, 3.63) is 18.0 Å². The summed E-state index contributed by atoms with van der Waals surface area (Å²) in [5, 5.41) is 11.3. The summed E-state index contributed by atoms with van der Waals surface area (Å²) in [7, 11) is -1.86. The van der Waals surface area contributed by atoms with Crippen molar-refractivity contribution in [1.29, 1.82) is 0 Å². The van der Waals surface area contributed by atoms with E-state index in [1.165, 1.54) is 21.1 Å². The summed E-state index contributed by atoms with van der Waals surface area (Å²) < 4.78 is 27.8. The molecule has 0 aliphatic carbocycles. The molecule has 0 spiro atoms. The van der Waals surface area contributed by atoms with Crippen LogP contribution in [0, 0.1) is 0 Å². The fourth-order valence-corrected chi connectivity index (χ4v) is 3.94. The Labute approximate surface area is 124 Å². The molecule has 1 aliphatic rings. The zero-order valence-electron chi connectivity index (χ0n) is 12.1. The Morgan fingerprint density at radius 2 is 2.05 bits per heavy atom. The molecule has 21 heavy (non-hydrogen) atoms. The van der Waals surface area contributed by atoms with E-state index >= 15 is 0 Å². The predicted octanol–water partition coefficient (Wildman–Crippen LogP) is -0.0782. The minimum atomic E-state index is -3.51. The van der Waals surface area contributed by atoms with Crippen molar-refractivity contribution in [2.24, 2.45) is 7.05 Å². The number of aliphatic hydroxyl groups is 1. The van der Waals surface area contributed by atoms with Gasteiger partial charge in [-0.1, -0.05) is 0 Å². The number of aryl methyl sites for hydroxylation is 1. The van der Waals surface area contributed by atoms with Gasteiger partial charge in [0.1, 0.15) is 10.6 Å². The van der Waals surface area contributed by atoms with Crippen LogP contribution in [0.15, 0.2) is 17.2 Å². The first-order valence-electron chi connectivity index (χ1n) is 7.02. The lowest BCUT2D eigenvalue weighted by atomic mass is 10.3. The molecule has 0 atom stereocenters. The number of amides is 1. The van der Waals surface area contributed by atoms with Crippen LogP contribution >= 0.6 is 0 Å². The van der Waals surface area contributed by atoms with Gasteiger partial charge in [0, 0.05) is 39.5 Å². The van der Waals surface area contributed by atoms with Gasteiger partial charge < -0.3 is 15.0 Å². The Bertz CT molecular complexity index is 603. The molecule has 118 valence electrons. The zero-order chi connectivity index (χ0) is 15.5. The maximum absolute atomic E-state index is 12.4. The fraction of sp³-hybridized carbons (Fsp3) is 0.615. The van der Waals surface area contributed by atoms with Gasteiger partial charge in [0.25, 0.3) is 5.91 Å². The Morgan fingerprint density at radius 1 is 1.38 bits per heavy atom. The van der Waals surface area contributed by atoms with E-state index in [0.717, 1.165) is 12.8 Å². The highest BCUT2D eigenvalue weighted by atomic mass is 32.2. The second-order valence-corrected chi connectivity index (χ2v) is 7.05. The number of nitrogens with zero attached hydrogens (tertiary/aromatic N) is 2. The maximum Gasteiger partial charge on any atom is 0.267 e. The summed E-state index contributed by atoms with van der Waals surface area (Å²) in [4.78, 5) is 12.1. The molecule has 1 fully saturated rings. The van der Waals surface area contributed by atoms with Gasteiger partial charge in [-0.2, -0.15) is 4.31 Å². The zero-order valence-corrected chi connectivity index (χ0v) is 12.9. The quantitative estimate of drug-likeness (QED) is 0.718. The highest BCUT2D eigenvalue weighted by Crippen LogP contribution is 2.22. The van der Waals surface area contributed by atoms with E-state index in [9.17, 15) is 13.2 Å². The largest absolute Gasteiger partial charge is 0.396 e. The van der Waals surface area contributed by atoms with Gasteiger partial charge in [0.15, 0.2) is 0 Å². The molecule has 7 nitrogen and oxygen atoms in total. The molecule has 2 N–H and O–H groups in total. The van der Waals surface area contributed by atoms with Crippen LogP contribution in [-0.2, 0) is 17.1 Å². The van der Waals surface area contributed by atoms with E-state index in [4.69, 9.17) is 5.11 Å². The molecule has 2 heterocycles. The van der Waals surface area contributed by atoms with E-state index in [1.807, 2.05) is 0 Å². The van der Waals surface area contributed by atoms with E-state index in [1.54, 1.807) is 7.05 Å². The topological polar surface area (TPSA) is 91.6 Å². The van der Waals surface area contributed by atoms with Crippen LogP contribution < -0.4 is 5.32 Å². The van der Waals surface area contributed by atoms with E-state index in [2.05, 4.69) is 5.32 Å². The van der Waals surface area contributed by atoms with Crippen molar-refractivity contribution >= 4 is 15.9 Å². The van der Waals surface area contributed by atoms with E-state index < -0.39 is 10.0 Å². The molecule has 1 aromatic heterocycles. The summed E-state index contributed by atoms with van der Waals surface area (Å²) in [5.41, 5.74) is 0.297. The van der Waals surface area contributed by atoms with Crippen molar-refractivity contribution < 1.29 is 18.3 Å². The summed E-state index contributed by atoms with van der Waals surface area (Å²) in [6.07, 6.45) is 3.69.